The van der Waals surface area contributed by atoms with E-state index >= 15 is 0 Å². The number of carbonyl (C=O) groups is 3. The average molecular weight is 578 g/mol. The van der Waals surface area contributed by atoms with Gasteiger partial charge in [0.1, 0.15) is 11.5 Å². The monoisotopic (exact) mass is 577 g/mol. The zero-order valence-corrected chi connectivity index (χ0v) is 22.8. The first-order chi connectivity index (χ1) is 18.5. The van der Waals surface area contributed by atoms with Crippen molar-refractivity contribution in [3.63, 3.8) is 0 Å². The molecule has 14 heteroatoms. The summed E-state index contributed by atoms with van der Waals surface area (Å²) in [5, 5.41) is 10.2. The minimum Gasteiger partial charge on any atom is -0.347 e. The van der Waals surface area contributed by atoms with Gasteiger partial charge in [-0.15, -0.1) is 0 Å². The van der Waals surface area contributed by atoms with Crippen LogP contribution in [0.4, 0.5) is 32.0 Å². The van der Waals surface area contributed by atoms with E-state index in [4.69, 9.17) is 0 Å². The van der Waals surface area contributed by atoms with Gasteiger partial charge in [-0.25, -0.2) is 13.2 Å². The summed E-state index contributed by atoms with van der Waals surface area (Å²) in [7, 11) is 0. The SMILES string of the molecule is CC(C(=O)NC1CCC1(F)F)c1cc(F)c(NC(=O)CNC(=O)c2ccnn2C(C)C)cc1C(F)(F)F.CCC. The van der Waals surface area contributed by atoms with Crippen molar-refractivity contribution >= 4 is 23.4 Å². The van der Waals surface area contributed by atoms with Crippen molar-refractivity contribution in [1.29, 1.82) is 0 Å². The molecule has 0 spiro atoms. The smallest absolute Gasteiger partial charge is 0.347 e. The molecule has 1 aromatic heterocycles. The van der Waals surface area contributed by atoms with Crippen LogP contribution in [0.2, 0.25) is 0 Å². The normalized spacial score (nSPS) is 16.8. The van der Waals surface area contributed by atoms with Gasteiger partial charge < -0.3 is 16.0 Å². The van der Waals surface area contributed by atoms with Crippen LogP contribution in [0.15, 0.2) is 24.4 Å². The molecule has 0 bridgehead atoms. The third kappa shape index (κ3) is 7.98. The van der Waals surface area contributed by atoms with E-state index in [9.17, 15) is 40.7 Å². The second kappa shape index (κ2) is 13.2. The lowest BCUT2D eigenvalue weighted by molar-refractivity contribution is -0.140. The van der Waals surface area contributed by atoms with Gasteiger partial charge >= 0.3 is 6.18 Å². The number of nitrogens with zero attached hydrogens (tertiary/aromatic N) is 2. The first kappa shape index (κ1) is 32.6. The standard InChI is InChI=1S/C23H25F6N5O3.C3H8/c1-11(2)34-17(5-7-31-34)21(37)30-10-19(35)32-16-9-14(23(27,28)29)13(8-15(16)24)12(3)20(36)33-18-4-6-22(18,25)26;1-3-2/h5,7-9,11-12,18H,4,6,10H2,1-3H3,(H,30,37)(H,32,35)(H,33,36);3H2,1-2H3. The van der Waals surface area contributed by atoms with Crippen LogP contribution in [0.5, 0.6) is 0 Å². The van der Waals surface area contributed by atoms with Crippen LogP contribution in [0.25, 0.3) is 0 Å². The molecule has 3 N–H and O–H groups in total. The maximum Gasteiger partial charge on any atom is 0.416 e. The molecule has 1 aliphatic carbocycles. The van der Waals surface area contributed by atoms with Gasteiger partial charge in [-0.3, -0.25) is 19.1 Å². The van der Waals surface area contributed by atoms with Gasteiger partial charge in [-0.1, -0.05) is 20.3 Å². The molecule has 1 heterocycles. The van der Waals surface area contributed by atoms with E-state index in [1.165, 1.54) is 23.4 Å². The number of aromatic nitrogens is 2. The average Bonchev–Trinajstić information content (AvgIpc) is 3.36. The van der Waals surface area contributed by atoms with E-state index in [0.29, 0.717) is 12.1 Å². The largest absolute Gasteiger partial charge is 0.416 e. The Balaban J connectivity index is 0.00000178. The van der Waals surface area contributed by atoms with E-state index in [-0.39, 0.29) is 18.2 Å². The Morgan fingerprint density at radius 3 is 2.27 bits per heavy atom. The van der Waals surface area contributed by atoms with Crippen LogP contribution < -0.4 is 16.0 Å². The molecular formula is C26H33F6N5O3. The van der Waals surface area contributed by atoms with Gasteiger partial charge in [-0.05, 0) is 51.0 Å². The summed E-state index contributed by atoms with van der Waals surface area (Å²) in [6.45, 7) is 8.15. The predicted octanol–water partition coefficient (Wildman–Crippen LogP) is 5.42. The van der Waals surface area contributed by atoms with E-state index in [1.807, 2.05) is 10.6 Å². The number of anilines is 1. The third-order valence-electron chi connectivity index (χ3n) is 5.97. The van der Waals surface area contributed by atoms with Crippen LogP contribution >= 0.6 is 0 Å². The lowest BCUT2D eigenvalue weighted by Crippen LogP contribution is -2.55. The molecule has 2 aromatic rings. The predicted molar refractivity (Wildman–Crippen MR) is 135 cm³/mol. The van der Waals surface area contributed by atoms with Gasteiger partial charge in [-0.2, -0.15) is 18.3 Å². The second-order valence-corrected chi connectivity index (χ2v) is 9.69. The first-order valence-electron chi connectivity index (χ1n) is 12.7. The maximum atomic E-state index is 14.7. The Morgan fingerprint density at radius 1 is 1.15 bits per heavy atom. The molecule has 0 aliphatic heterocycles. The lowest BCUT2D eigenvalue weighted by Gasteiger charge is -2.37. The number of hydrogen-bond acceptors (Lipinski definition) is 4. The molecule has 1 aromatic carbocycles. The van der Waals surface area contributed by atoms with Crippen LogP contribution in [0, 0.1) is 5.82 Å². The Kier molecular flexibility index (Phi) is 10.8. The van der Waals surface area contributed by atoms with E-state index in [2.05, 4.69) is 24.3 Å². The Bertz CT molecular complexity index is 1210. The molecule has 2 unspecified atom stereocenters. The minimum absolute atomic E-state index is 0.0345. The second-order valence-electron chi connectivity index (χ2n) is 9.69. The fraction of sp³-hybridized carbons (Fsp3) is 0.538. The molecule has 8 nitrogen and oxygen atoms in total. The summed E-state index contributed by atoms with van der Waals surface area (Å²) < 4.78 is 84.2. The van der Waals surface area contributed by atoms with Crippen LogP contribution in [0.1, 0.15) is 87.5 Å². The van der Waals surface area contributed by atoms with Gasteiger partial charge in [0.25, 0.3) is 11.8 Å². The number of hydrogen-bond donors (Lipinski definition) is 3. The van der Waals surface area contributed by atoms with Crippen molar-refractivity contribution in [2.45, 2.75) is 84.0 Å². The van der Waals surface area contributed by atoms with Crippen LogP contribution in [0.3, 0.4) is 0 Å². The van der Waals surface area contributed by atoms with Crippen molar-refractivity contribution in [2.75, 3.05) is 11.9 Å². The highest BCUT2D eigenvalue weighted by molar-refractivity contribution is 5.98. The molecule has 0 saturated heterocycles. The molecule has 1 fully saturated rings. The summed E-state index contributed by atoms with van der Waals surface area (Å²) >= 11 is 0. The summed E-state index contributed by atoms with van der Waals surface area (Å²) in [6, 6.07) is 0.494. The van der Waals surface area contributed by atoms with E-state index < -0.39 is 77.4 Å². The van der Waals surface area contributed by atoms with Crippen LogP contribution in [-0.2, 0) is 15.8 Å². The zero-order chi connectivity index (χ0) is 30.4. The molecule has 1 aliphatic rings. The fourth-order valence-electron chi connectivity index (χ4n) is 3.76. The van der Waals surface area contributed by atoms with E-state index in [0.717, 1.165) is 6.92 Å². The van der Waals surface area contributed by atoms with Gasteiger partial charge in [0, 0.05) is 18.7 Å². The fourth-order valence-corrected chi connectivity index (χ4v) is 3.76. The highest BCUT2D eigenvalue weighted by Gasteiger charge is 2.49. The number of halogens is 6. The molecule has 3 rings (SSSR count). The van der Waals surface area contributed by atoms with Gasteiger partial charge in [0.15, 0.2) is 0 Å². The summed E-state index contributed by atoms with van der Waals surface area (Å²) in [4.78, 5) is 36.9. The van der Waals surface area contributed by atoms with Crippen molar-refractivity contribution < 1.29 is 40.7 Å². The number of alkyl halides is 5. The minimum atomic E-state index is -5.05. The number of nitrogens with one attached hydrogen (secondary N) is 3. The van der Waals surface area contributed by atoms with Crippen molar-refractivity contribution in [1.82, 2.24) is 20.4 Å². The third-order valence-corrected chi connectivity index (χ3v) is 5.97. The topological polar surface area (TPSA) is 105 Å². The Hall–Kier alpha value is -3.58. The number of rotatable bonds is 8. The van der Waals surface area contributed by atoms with Crippen molar-refractivity contribution in [3.8, 4) is 0 Å². The maximum absolute atomic E-state index is 14.7. The zero-order valence-electron chi connectivity index (χ0n) is 22.8. The quantitative estimate of drug-likeness (QED) is 0.364. The molecular weight excluding hydrogens is 544 g/mol. The van der Waals surface area contributed by atoms with Gasteiger partial charge in [0.05, 0.1) is 29.8 Å². The van der Waals surface area contributed by atoms with Crippen molar-refractivity contribution in [2.24, 2.45) is 0 Å². The lowest BCUT2D eigenvalue weighted by atomic mass is 9.86. The summed E-state index contributed by atoms with van der Waals surface area (Å²) in [5.74, 6) is -8.86. The number of carbonyl (C=O) groups excluding carboxylic acids is 3. The molecule has 2 atom stereocenters. The Morgan fingerprint density at radius 2 is 1.77 bits per heavy atom. The molecule has 40 heavy (non-hydrogen) atoms. The summed E-state index contributed by atoms with van der Waals surface area (Å²) in [5.41, 5.74) is -2.89. The first-order valence-corrected chi connectivity index (χ1v) is 12.7. The highest BCUT2D eigenvalue weighted by atomic mass is 19.4. The highest BCUT2D eigenvalue weighted by Crippen LogP contribution is 2.40. The number of benzene rings is 1. The summed E-state index contributed by atoms with van der Waals surface area (Å²) in [6.07, 6.45) is -2.91. The number of amides is 3. The van der Waals surface area contributed by atoms with Crippen LogP contribution in [-0.4, -0.2) is 46.0 Å². The molecule has 3 amide bonds. The van der Waals surface area contributed by atoms with Crippen molar-refractivity contribution in [3.05, 3.63) is 47.0 Å². The van der Waals surface area contributed by atoms with Gasteiger partial charge in [0.2, 0.25) is 11.8 Å². The molecule has 0 radical (unpaired) electrons. The molecule has 222 valence electrons. The molecule has 1 saturated carbocycles. The Labute approximate surface area is 227 Å². The van der Waals surface area contributed by atoms with E-state index in [1.54, 1.807) is 13.8 Å².